The number of nitrogens with one attached hydrogen (secondary N) is 1. The van der Waals surface area contributed by atoms with E-state index in [1.807, 2.05) is 13.0 Å². The van der Waals surface area contributed by atoms with Crippen molar-refractivity contribution in [2.24, 2.45) is 0 Å². The molecule has 0 amide bonds. The molecule has 0 radical (unpaired) electrons. The Morgan fingerprint density at radius 2 is 2.29 bits per heavy atom. The van der Waals surface area contributed by atoms with Crippen molar-refractivity contribution in [2.45, 2.75) is 31.7 Å². The van der Waals surface area contributed by atoms with Gasteiger partial charge in [-0.3, -0.25) is 0 Å². The number of unbranched alkanes of at least 4 members (excludes halogenated alkanes) is 1. The van der Waals surface area contributed by atoms with Gasteiger partial charge in [-0.15, -0.1) is 11.8 Å². The molecule has 0 fully saturated rings. The fraction of sp³-hybridized carbons (Fsp3) is 0.600. The van der Waals surface area contributed by atoms with Gasteiger partial charge in [-0.2, -0.15) is 0 Å². The molecule has 0 aliphatic rings. The molecule has 0 saturated carbocycles. The maximum Gasteiger partial charge on any atom is 0.223 e. The first-order valence-corrected chi connectivity index (χ1v) is 6.05. The highest BCUT2D eigenvalue weighted by molar-refractivity contribution is 7.99. The Hall–Kier alpha value is -0.770. The van der Waals surface area contributed by atoms with E-state index in [4.69, 9.17) is 0 Å². The van der Waals surface area contributed by atoms with E-state index in [1.165, 1.54) is 12.8 Å². The summed E-state index contributed by atoms with van der Waals surface area (Å²) in [5.74, 6) is 1.87. The van der Waals surface area contributed by atoms with E-state index in [-0.39, 0.29) is 0 Å². The van der Waals surface area contributed by atoms with E-state index in [0.717, 1.165) is 23.3 Å². The van der Waals surface area contributed by atoms with Crippen molar-refractivity contribution >= 4 is 17.7 Å². The van der Waals surface area contributed by atoms with Crippen molar-refractivity contribution < 1.29 is 0 Å². The maximum atomic E-state index is 4.38. The van der Waals surface area contributed by atoms with Crippen LogP contribution in [-0.2, 0) is 0 Å². The second-order valence-corrected chi connectivity index (χ2v) is 4.07. The second-order valence-electron chi connectivity index (χ2n) is 2.95. The topological polar surface area (TPSA) is 37.8 Å². The molecule has 1 rings (SSSR count). The van der Waals surface area contributed by atoms with Gasteiger partial charge < -0.3 is 5.32 Å². The molecule has 0 atom stereocenters. The van der Waals surface area contributed by atoms with Gasteiger partial charge in [-0.05, 0) is 25.2 Å². The summed E-state index contributed by atoms with van der Waals surface area (Å²) in [5, 5.41) is 4.16. The average molecular weight is 211 g/mol. The summed E-state index contributed by atoms with van der Waals surface area (Å²) < 4.78 is 0. The fourth-order valence-corrected chi connectivity index (χ4v) is 1.94. The average Bonchev–Trinajstić information content (AvgIpc) is 2.19. The Bertz CT molecular complexity index is 265. The summed E-state index contributed by atoms with van der Waals surface area (Å²) in [4.78, 5) is 8.50. The summed E-state index contributed by atoms with van der Waals surface area (Å²) >= 11 is 1.79. The van der Waals surface area contributed by atoms with Crippen molar-refractivity contribution in [2.75, 3.05) is 17.6 Å². The molecule has 3 nitrogen and oxygen atoms in total. The predicted octanol–water partition coefficient (Wildman–Crippen LogP) is 2.80. The van der Waals surface area contributed by atoms with Crippen LogP contribution in [0.1, 0.15) is 26.7 Å². The molecule has 0 unspecified atom stereocenters. The van der Waals surface area contributed by atoms with Crippen molar-refractivity contribution in [3.63, 3.8) is 0 Å². The van der Waals surface area contributed by atoms with E-state index >= 15 is 0 Å². The van der Waals surface area contributed by atoms with E-state index in [1.54, 1.807) is 18.0 Å². The highest BCUT2D eigenvalue weighted by atomic mass is 32.2. The SMILES string of the molecule is CCCCSc1ccnc(NCC)n1. The smallest absolute Gasteiger partial charge is 0.223 e. The predicted molar refractivity (Wildman–Crippen MR) is 61.8 cm³/mol. The van der Waals surface area contributed by atoms with Crippen LogP contribution in [0.25, 0.3) is 0 Å². The molecule has 4 heteroatoms. The van der Waals surface area contributed by atoms with Crippen LogP contribution in [0.5, 0.6) is 0 Å². The van der Waals surface area contributed by atoms with E-state index in [0.29, 0.717) is 0 Å². The summed E-state index contributed by atoms with van der Waals surface area (Å²) in [6, 6.07) is 1.96. The van der Waals surface area contributed by atoms with Crippen molar-refractivity contribution in [3.05, 3.63) is 12.3 Å². The minimum atomic E-state index is 0.731. The first-order chi connectivity index (χ1) is 6.86. The Kier molecular flexibility index (Phi) is 5.37. The van der Waals surface area contributed by atoms with Gasteiger partial charge in [0.05, 0.1) is 0 Å². The highest BCUT2D eigenvalue weighted by Crippen LogP contribution is 2.17. The number of aromatic nitrogens is 2. The van der Waals surface area contributed by atoms with Gasteiger partial charge >= 0.3 is 0 Å². The highest BCUT2D eigenvalue weighted by Gasteiger charge is 1.97. The summed E-state index contributed by atoms with van der Waals surface area (Å²) in [5.41, 5.74) is 0. The maximum absolute atomic E-state index is 4.38. The van der Waals surface area contributed by atoms with Crippen molar-refractivity contribution in [1.29, 1.82) is 0 Å². The quantitative estimate of drug-likeness (QED) is 0.446. The van der Waals surface area contributed by atoms with Gasteiger partial charge in [-0.25, -0.2) is 9.97 Å². The molecule has 0 spiro atoms. The standard InChI is InChI=1S/C10H17N3S/c1-3-5-8-14-9-6-7-12-10(13-9)11-4-2/h6-7H,3-5,8H2,1-2H3,(H,11,12,13). The van der Waals surface area contributed by atoms with Gasteiger partial charge in [0.2, 0.25) is 5.95 Å². The van der Waals surface area contributed by atoms with Crippen LogP contribution in [0.15, 0.2) is 17.3 Å². The van der Waals surface area contributed by atoms with Crippen LogP contribution >= 0.6 is 11.8 Å². The third-order valence-electron chi connectivity index (χ3n) is 1.71. The molecule has 0 aliphatic carbocycles. The van der Waals surface area contributed by atoms with Gasteiger partial charge in [0.25, 0.3) is 0 Å². The molecular weight excluding hydrogens is 194 g/mol. The lowest BCUT2D eigenvalue weighted by molar-refractivity contribution is 0.893. The lowest BCUT2D eigenvalue weighted by Crippen LogP contribution is -2.01. The lowest BCUT2D eigenvalue weighted by atomic mass is 10.4. The Labute approximate surface area is 89.7 Å². The van der Waals surface area contributed by atoms with Gasteiger partial charge in [0.15, 0.2) is 0 Å². The molecule has 1 heterocycles. The summed E-state index contributed by atoms with van der Waals surface area (Å²) in [6.07, 6.45) is 4.28. The lowest BCUT2D eigenvalue weighted by Gasteiger charge is -2.03. The summed E-state index contributed by atoms with van der Waals surface area (Å²) in [7, 11) is 0. The van der Waals surface area contributed by atoms with Gasteiger partial charge in [0, 0.05) is 12.7 Å². The van der Waals surface area contributed by atoms with Crippen LogP contribution in [0, 0.1) is 0 Å². The number of nitrogens with zero attached hydrogens (tertiary/aromatic N) is 2. The largest absolute Gasteiger partial charge is 0.354 e. The molecule has 1 aromatic heterocycles. The Morgan fingerprint density at radius 1 is 1.43 bits per heavy atom. The zero-order chi connectivity index (χ0) is 10.2. The van der Waals surface area contributed by atoms with Gasteiger partial charge in [-0.1, -0.05) is 13.3 Å². The Balaban J connectivity index is 2.46. The van der Waals surface area contributed by atoms with Gasteiger partial charge in [0.1, 0.15) is 5.03 Å². The van der Waals surface area contributed by atoms with Crippen LogP contribution in [0.2, 0.25) is 0 Å². The third-order valence-corrected chi connectivity index (χ3v) is 2.73. The minimum Gasteiger partial charge on any atom is -0.354 e. The fourth-order valence-electron chi connectivity index (χ4n) is 0.987. The van der Waals surface area contributed by atoms with Crippen LogP contribution < -0.4 is 5.32 Å². The Morgan fingerprint density at radius 3 is 3.00 bits per heavy atom. The molecule has 1 aromatic rings. The number of rotatable bonds is 6. The van der Waals surface area contributed by atoms with E-state index in [2.05, 4.69) is 22.2 Å². The first kappa shape index (κ1) is 11.3. The molecular formula is C10H17N3S. The number of thioether (sulfide) groups is 1. The zero-order valence-corrected chi connectivity index (χ0v) is 9.60. The number of anilines is 1. The normalized spacial score (nSPS) is 10.1. The molecule has 1 N–H and O–H groups in total. The molecule has 0 bridgehead atoms. The first-order valence-electron chi connectivity index (χ1n) is 5.06. The molecule has 0 aliphatic heterocycles. The van der Waals surface area contributed by atoms with E-state index < -0.39 is 0 Å². The van der Waals surface area contributed by atoms with Crippen molar-refractivity contribution in [3.8, 4) is 0 Å². The molecule has 14 heavy (non-hydrogen) atoms. The van der Waals surface area contributed by atoms with E-state index in [9.17, 15) is 0 Å². The molecule has 78 valence electrons. The van der Waals surface area contributed by atoms with Crippen LogP contribution in [-0.4, -0.2) is 22.3 Å². The van der Waals surface area contributed by atoms with Crippen LogP contribution in [0.4, 0.5) is 5.95 Å². The van der Waals surface area contributed by atoms with Crippen LogP contribution in [0.3, 0.4) is 0 Å². The number of hydrogen-bond acceptors (Lipinski definition) is 4. The monoisotopic (exact) mass is 211 g/mol. The number of hydrogen-bond donors (Lipinski definition) is 1. The molecule has 0 aromatic carbocycles. The summed E-state index contributed by atoms with van der Waals surface area (Å²) in [6.45, 7) is 5.11. The molecule has 0 saturated heterocycles. The second kappa shape index (κ2) is 6.65. The third kappa shape index (κ3) is 3.96. The minimum absolute atomic E-state index is 0.731. The zero-order valence-electron chi connectivity index (χ0n) is 8.79. The van der Waals surface area contributed by atoms with Crippen molar-refractivity contribution in [1.82, 2.24) is 9.97 Å².